The summed E-state index contributed by atoms with van der Waals surface area (Å²) in [6.07, 6.45) is 4.15. The quantitative estimate of drug-likeness (QED) is 0.894. The van der Waals surface area contributed by atoms with E-state index in [1.165, 1.54) is 7.11 Å². The highest BCUT2D eigenvalue weighted by Crippen LogP contribution is 2.32. The number of rotatable bonds is 5. The van der Waals surface area contributed by atoms with Crippen molar-refractivity contribution in [3.05, 3.63) is 54.0 Å². The topological polar surface area (TPSA) is 55.2 Å². The molecular weight excluding hydrogens is 240 g/mol. The molecule has 0 bridgehead atoms. The molecule has 1 heterocycles. The molecule has 0 saturated carbocycles. The average molecular weight is 258 g/mol. The van der Waals surface area contributed by atoms with Gasteiger partial charge in [-0.25, -0.2) is 4.98 Å². The Kier molecular flexibility index (Phi) is 4.12. The molecule has 0 spiro atoms. The first-order valence-corrected chi connectivity index (χ1v) is 6.31. The van der Waals surface area contributed by atoms with Gasteiger partial charge in [-0.1, -0.05) is 37.3 Å². The lowest BCUT2D eigenvalue weighted by Gasteiger charge is -2.27. The Balaban J connectivity index is 2.36. The van der Waals surface area contributed by atoms with E-state index in [-0.39, 0.29) is 0 Å². The third-order valence-electron chi connectivity index (χ3n) is 3.22. The van der Waals surface area contributed by atoms with Crippen molar-refractivity contribution in [3.63, 3.8) is 0 Å². The van der Waals surface area contributed by atoms with E-state index in [0.29, 0.717) is 24.4 Å². The number of aliphatic hydroxyl groups is 1. The Bertz CT molecular complexity index is 531. The maximum Gasteiger partial charge on any atom is 0.238 e. The van der Waals surface area contributed by atoms with Gasteiger partial charge in [0, 0.05) is 18.8 Å². The van der Waals surface area contributed by atoms with Crippen LogP contribution in [0.2, 0.25) is 0 Å². The molecule has 4 heteroatoms. The van der Waals surface area contributed by atoms with Gasteiger partial charge in [0.15, 0.2) is 0 Å². The standard InChI is InChI=1S/C15H18N2O2/c1-3-15(18,11-12-7-5-4-6-8-12)13-14(19-2)17-10-9-16-13/h4-10,18H,3,11H2,1-2H3. The summed E-state index contributed by atoms with van der Waals surface area (Å²) in [4.78, 5) is 8.36. The van der Waals surface area contributed by atoms with Crippen LogP contribution in [0.1, 0.15) is 24.6 Å². The predicted octanol–water partition coefficient (Wildman–Crippen LogP) is 2.33. The highest BCUT2D eigenvalue weighted by molar-refractivity contribution is 5.28. The first kappa shape index (κ1) is 13.5. The van der Waals surface area contributed by atoms with Crippen LogP contribution in [0.25, 0.3) is 0 Å². The molecule has 2 rings (SSSR count). The Morgan fingerprint density at radius 2 is 1.84 bits per heavy atom. The monoisotopic (exact) mass is 258 g/mol. The molecule has 0 saturated heterocycles. The van der Waals surface area contributed by atoms with E-state index in [4.69, 9.17) is 4.74 Å². The van der Waals surface area contributed by atoms with E-state index < -0.39 is 5.60 Å². The van der Waals surface area contributed by atoms with Crippen molar-refractivity contribution in [2.45, 2.75) is 25.4 Å². The van der Waals surface area contributed by atoms with Gasteiger partial charge in [0.25, 0.3) is 0 Å². The number of benzene rings is 1. The molecule has 0 radical (unpaired) electrons. The van der Waals surface area contributed by atoms with Gasteiger partial charge in [-0.05, 0) is 12.0 Å². The van der Waals surface area contributed by atoms with E-state index in [1.54, 1.807) is 12.4 Å². The summed E-state index contributed by atoms with van der Waals surface area (Å²) in [6, 6.07) is 9.85. The van der Waals surface area contributed by atoms with Gasteiger partial charge in [0.2, 0.25) is 5.88 Å². The summed E-state index contributed by atoms with van der Waals surface area (Å²) in [7, 11) is 1.53. The first-order valence-electron chi connectivity index (χ1n) is 6.31. The van der Waals surface area contributed by atoms with Crippen LogP contribution in [-0.4, -0.2) is 22.2 Å². The summed E-state index contributed by atoms with van der Waals surface area (Å²) in [6.45, 7) is 1.93. The summed E-state index contributed by atoms with van der Waals surface area (Å²) < 4.78 is 5.20. The summed E-state index contributed by atoms with van der Waals surface area (Å²) in [5, 5.41) is 10.9. The summed E-state index contributed by atoms with van der Waals surface area (Å²) in [5.41, 5.74) is 0.476. The molecule has 0 amide bonds. The first-order chi connectivity index (χ1) is 9.19. The Morgan fingerprint density at radius 1 is 1.16 bits per heavy atom. The number of methoxy groups -OCH3 is 1. The van der Waals surface area contributed by atoms with Crippen LogP contribution in [0.4, 0.5) is 0 Å². The molecule has 0 fully saturated rings. The number of aromatic nitrogens is 2. The molecule has 1 N–H and O–H groups in total. The zero-order chi connectivity index (χ0) is 13.7. The Hall–Kier alpha value is -1.94. The average Bonchev–Trinajstić information content (AvgIpc) is 2.48. The molecule has 1 atom stereocenters. The van der Waals surface area contributed by atoms with Crippen LogP contribution in [0.3, 0.4) is 0 Å². The fourth-order valence-corrected chi connectivity index (χ4v) is 2.10. The van der Waals surface area contributed by atoms with Crippen LogP contribution >= 0.6 is 0 Å². The molecule has 1 aromatic carbocycles. The zero-order valence-corrected chi connectivity index (χ0v) is 11.2. The van der Waals surface area contributed by atoms with E-state index in [9.17, 15) is 5.11 Å². The van der Waals surface area contributed by atoms with E-state index in [2.05, 4.69) is 9.97 Å². The fraction of sp³-hybridized carbons (Fsp3) is 0.333. The van der Waals surface area contributed by atoms with Crippen molar-refractivity contribution in [2.75, 3.05) is 7.11 Å². The molecule has 0 aliphatic carbocycles. The third kappa shape index (κ3) is 2.90. The lowest BCUT2D eigenvalue weighted by molar-refractivity contribution is 0.0251. The number of hydrogen-bond acceptors (Lipinski definition) is 4. The minimum atomic E-state index is -1.07. The lowest BCUT2D eigenvalue weighted by atomic mass is 9.88. The summed E-state index contributed by atoms with van der Waals surface area (Å²) in [5.74, 6) is 0.378. The van der Waals surface area contributed by atoms with Gasteiger partial charge in [0.1, 0.15) is 11.3 Å². The fourth-order valence-electron chi connectivity index (χ4n) is 2.10. The summed E-state index contributed by atoms with van der Waals surface area (Å²) >= 11 is 0. The Morgan fingerprint density at radius 3 is 2.47 bits per heavy atom. The van der Waals surface area contributed by atoms with Crippen molar-refractivity contribution in [3.8, 4) is 5.88 Å². The SMILES string of the molecule is CCC(O)(Cc1ccccc1)c1nccnc1OC. The molecule has 100 valence electrons. The van der Waals surface area contributed by atoms with Gasteiger partial charge in [-0.2, -0.15) is 0 Å². The van der Waals surface area contributed by atoms with Crippen molar-refractivity contribution in [1.29, 1.82) is 0 Å². The number of ether oxygens (including phenoxy) is 1. The van der Waals surface area contributed by atoms with Crippen LogP contribution in [-0.2, 0) is 12.0 Å². The van der Waals surface area contributed by atoms with Gasteiger partial charge in [0.05, 0.1) is 7.11 Å². The molecule has 19 heavy (non-hydrogen) atoms. The van der Waals surface area contributed by atoms with Crippen LogP contribution in [0.5, 0.6) is 5.88 Å². The molecule has 1 unspecified atom stereocenters. The predicted molar refractivity (Wildman–Crippen MR) is 72.9 cm³/mol. The van der Waals surface area contributed by atoms with Crippen molar-refractivity contribution >= 4 is 0 Å². The molecule has 0 aliphatic rings. The number of nitrogens with zero attached hydrogens (tertiary/aromatic N) is 2. The minimum absolute atomic E-state index is 0.378. The molecule has 1 aromatic heterocycles. The van der Waals surface area contributed by atoms with E-state index in [1.807, 2.05) is 37.3 Å². The molecule has 2 aromatic rings. The third-order valence-corrected chi connectivity index (χ3v) is 3.22. The van der Waals surface area contributed by atoms with Crippen molar-refractivity contribution in [2.24, 2.45) is 0 Å². The zero-order valence-electron chi connectivity index (χ0n) is 11.2. The number of hydrogen-bond donors (Lipinski definition) is 1. The second-order valence-electron chi connectivity index (χ2n) is 4.46. The van der Waals surface area contributed by atoms with E-state index in [0.717, 1.165) is 5.56 Å². The molecular formula is C15H18N2O2. The minimum Gasteiger partial charge on any atom is -0.480 e. The second kappa shape index (κ2) is 5.80. The van der Waals surface area contributed by atoms with Crippen molar-refractivity contribution in [1.82, 2.24) is 9.97 Å². The largest absolute Gasteiger partial charge is 0.480 e. The van der Waals surface area contributed by atoms with Crippen molar-refractivity contribution < 1.29 is 9.84 Å². The van der Waals surface area contributed by atoms with Gasteiger partial charge < -0.3 is 9.84 Å². The highest BCUT2D eigenvalue weighted by Gasteiger charge is 2.33. The van der Waals surface area contributed by atoms with Crippen LogP contribution < -0.4 is 4.74 Å². The van der Waals surface area contributed by atoms with Gasteiger partial charge >= 0.3 is 0 Å². The van der Waals surface area contributed by atoms with Crippen LogP contribution in [0.15, 0.2) is 42.7 Å². The Labute approximate surface area is 113 Å². The molecule has 0 aliphatic heterocycles. The normalized spacial score (nSPS) is 13.8. The maximum absolute atomic E-state index is 10.9. The van der Waals surface area contributed by atoms with Gasteiger partial charge in [-0.3, -0.25) is 4.98 Å². The van der Waals surface area contributed by atoms with Crippen LogP contribution in [0, 0.1) is 0 Å². The highest BCUT2D eigenvalue weighted by atomic mass is 16.5. The van der Waals surface area contributed by atoms with Gasteiger partial charge in [-0.15, -0.1) is 0 Å². The van der Waals surface area contributed by atoms with E-state index >= 15 is 0 Å². The maximum atomic E-state index is 10.9. The second-order valence-corrected chi connectivity index (χ2v) is 4.46. The smallest absolute Gasteiger partial charge is 0.238 e. The molecule has 4 nitrogen and oxygen atoms in total. The lowest BCUT2D eigenvalue weighted by Crippen LogP contribution is -2.29.